The fourth-order valence-electron chi connectivity index (χ4n) is 9.73. The van der Waals surface area contributed by atoms with Crippen LogP contribution < -0.4 is 5.56 Å². The third-order valence-corrected chi connectivity index (χ3v) is 12.4. The van der Waals surface area contributed by atoms with Crippen LogP contribution in [0.15, 0.2) is 209 Å². The second-order valence-corrected chi connectivity index (χ2v) is 15.7. The summed E-state index contributed by atoms with van der Waals surface area (Å²) in [6.45, 7) is 0. The summed E-state index contributed by atoms with van der Waals surface area (Å²) in [6, 6.07) is 69.9. The van der Waals surface area contributed by atoms with Crippen LogP contribution in [0.4, 0.5) is 0 Å². The smallest absolute Gasteiger partial charge is 0.263 e. The van der Waals surface area contributed by atoms with Gasteiger partial charge in [0, 0.05) is 54.8 Å². The fraction of sp³-hybridized carbons (Fsp3) is 0. The number of para-hydroxylation sites is 5. The number of furan rings is 1. The predicted octanol–water partition coefficient (Wildman–Crippen LogP) is 13.9. The van der Waals surface area contributed by atoms with Gasteiger partial charge in [0.05, 0.1) is 33.0 Å². The molecular weight excluding hydrogens is 735 g/mol. The van der Waals surface area contributed by atoms with Gasteiger partial charge in [-0.3, -0.25) is 9.36 Å². The van der Waals surface area contributed by atoms with E-state index in [4.69, 9.17) is 4.42 Å². The highest BCUT2D eigenvalue weighted by Crippen LogP contribution is 2.42. The Bertz CT molecular complexity index is 3950. The molecule has 5 heteroatoms. The lowest BCUT2D eigenvalue weighted by Crippen LogP contribution is -2.19. The van der Waals surface area contributed by atoms with E-state index in [9.17, 15) is 0 Å². The number of rotatable bonds is 4. The fourth-order valence-corrected chi connectivity index (χ4v) is 9.73. The van der Waals surface area contributed by atoms with Gasteiger partial charge in [-0.15, -0.1) is 0 Å². The van der Waals surface area contributed by atoms with Crippen LogP contribution in [0.1, 0.15) is 0 Å². The van der Waals surface area contributed by atoms with Gasteiger partial charge < -0.3 is 13.6 Å². The number of hydrogen-bond acceptors (Lipinski definition) is 2. The van der Waals surface area contributed by atoms with Crippen LogP contribution in [0.25, 0.3) is 115 Å². The van der Waals surface area contributed by atoms with Crippen molar-refractivity contribution in [2.75, 3.05) is 0 Å². The third kappa shape index (κ3) is 4.66. The van der Waals surface area contributed by atoms with E-state index >= 15 is 4.79 Å². The zero-order valence-corrected chi connectivity index (χ0v) is 32.2. The summed E-state index contributed by atoms with van der Waals surface area (Å²) in [4.78, 5) is 15.3. The van der Waals surface area contributed by atoms with E-state index in [2.05, 4.69) is 155 Å². The molecule has 280 valence electrons. The lowest BCUT2D eigenvalue weighted by Gasteiger charge is -2.15. The van der Waals surface area contributed by atoms with Crippen molar-refractivity contribution in [3.05, 3.63) is 211 Å². The van der Waals surface area contributed by atoms with Crippen molar-refractivity contribution in [2.24, 2.45) is 0 Å². The monoisotopic (exact) mass is 767 g/mol. The third-order valence-electron chi connectivity index (χ3n) is 12.4. The van der Waals surface area contributed by atoms with Gasteiger partial charge in [-0.2, -0.15) is 0 Å². The van der Waals surface area contributed by atoms with Gasteiger partial charge in [-0.25, -0.2) is 0 Å². The molecule has 0 atom stereocenters. The van der Waals surface area contributed by atoms with Gasteiger partial charge in [0.25, 0.3) is 5.56 Å². The number of hydrogen-bond donors (Lipinski definition) is 0. The molecule has 0 amide bonds. The van der Waals surface area contributed by atoms with Gasteiger partial charge in [0.2, 0.25) is 0 Å². The Hall–Kier alpha value is -8.15. The Kier molecular flexibility index (Phi) is 6.81. The molecule has 0 aliphatic rings. The van der Waals surface area contributed by atoms with Crippen molar-refractivity contribution >= 4 is 87.2 Å². The summed E-state index contributed by atoms with van der Waals surface area (Å²) in [7, 11) is 0. The molecule has 13 rings (SSSR count). The van der Waals surface area contributed by atoms with Crippen molar-refractivity contribution in [3.8, 4) is 28.2 Å². The zero-order valence-electron chi connectivity index (χ0n) is 32.2. The molecule has 0 spiro atoms. The molecule has 0 bridgehead atoms. The first kappa shape index (κ1) is 32.9. The molecule has 5 nitrogen and oxygen atoms in total. The first-order chi connectivity index (χ1) is 29.7. The zero-order chi connectivity index (χ0) is 39.5. The van der Waals surface area contributed by atoms with Gasteiger partial charge in [0.1, 0.15) is 11.2 Å². The Labute approximate surface area is 342 Å². The number of pyridine rings is 1. The first-order valence-electron chi connectivity index (χ1n) is 20.3. The normalized spacial score (nSPS) is 12.1. The van der Waals surface area contributed by atoms with Crippen LogP contribution in [0, 0.1) is 0 Å². The first-order valence-corrected chi connectivity index (χ1v) is 20.3. The van der Waals surface area contributed by atoms with Crippen LogP contribution in [-0.2, 0) is 0 Å². The molecule has 0 aliphatic carbocycles. The molecule has 0 N–H and O–H groups in total. The highest BCUT2D eigenvalue weighted by atomic mass is 16.3. The summed E-state index contributed by atoms with van der Waals surface area (Å²) in [5.41, 5.74) is 12.0. The van der Waals surface area contributed by atoms with Gasteiger partial charge in [-0.1, -0.05) is 103 Å². The van der Waals surface area contributed by atoms with Gasteiger partial charge >= 0.3 is 0 Å². The summed E-state index contributed by atoms with van der Waals surface area (Å²) >= 11 is 0. The number of nitrogens with zero attached hydrogens (tertiary/aromatic N) is 3. The number of fused-ring (bicyclic) bond motifs is 12. The highest BCUT2D eigenvalue weighted by Gasteiger charge is 2.22. The van der Waals surface area contributed by atoms with Crippen LogP contribution in [0.2, 0.25) is 0 Å². The maximum Gasteiger partial charge on any atom is 0.263 e. The average molecular weight is 768 g/mol. The quantitative estimate of drug-likeness (QED) is 0.167. The Morgan fingerprint density at radius 1 is 0.283 bits per heavy atom. The molecular formula is C55H33N3O2. The summed E-state index contributed by atoms with van der Waals surface area (Å²) in [5.74, 6) is 0. The maximum atomic E-state index is 15.3. The van der Waals surface area contributed by atoms with Crippen LogP contribution in [0.5, 0.6) is 0 Å². The summed E-state index contributed by atoms with van der Waals surface area (Å²) in [5, 5.41) is 9.33. The van der Waals surface area contributed by atoms with E-state index in [0.717, 1.165) is 110 Å². The Balaban J connectivity index is 1.16. The van der Waals surface area contributed by atoms with Gasteiger partial charge in [0.15, 0.2) is 0 Å². The molecule has 13 aromatic rings. The van der Waals surface area contributed by atoms with E-state index in [-0.39, 0.29) is 5.56 Å². The minimum atomic E-state index is -0.0569. The van der Waals surface area contributed by atoms with E-state index in [1.807, 2.05) is 59.2 Å². The second-order valence-electron chi connectivity index (χ2n) is 15.7. The van der Waals surface area contributed by atoms with E-state index in [1.165, 1.54) is 0 Å². The lowest BCUT2D eigenvalue weighted by molar-refractivity contribution is 0.669. The van der Waals surface area contributed by atoms with Crippen LogP contribution in [0.3, 0.4) is 0 Å². The van der Waals surface area contributed by atoms with Gasteiger partial charge in [-0.05, 0) is 114 Å². The van der Waals surface area contributed by atoms with Crippen molar-refractivity contribution in [3.63, 3.8) is 0 Å². The minimum Gasteiger partial charge on any atom is -0.456 e. The lowest BCUT2D eigenvalue weighted by atomic mass is 9.98. The van der Waals surface area contributed by atoms with Crippen molar-refractivity contribution < 1.29 is 4.42 Å². The van der Waals surface area contributed by atoms with Crippen molar-refractivity contribution in [2.45, 2.75) is 0 Å². The number of benzene rings is 9. The Morgan fingerprint density at radius 3 is 1.47 bits per heavy atom. The molecule has 0 fully saturated rings. The molecule has 0 unspecified atom stereocenters. The van der Waals surface area contributed by atoms with E-state index in [0.29, 0.717) is 5.39 Å². The molecule has 4 aromatic heterocycles. The predicted molar refractivity (Wildman–Crippen MR) is 248 cm³/mol. The minimum absolute atomic E-state index is 0.0569. The molecule has 0 radical (unpaired) electrons. The van der Waals surface area contributed by atoms with Crippen molar-refractivity contribution in [1.29, 1.82) is 0 Å². The van der Waals surface area contributed by atoms with Crippen molar-refractivity contribution in [1.82, 2.24) is 13.7 Å². The van der Waals surface area contributed by atoms with E-state index in [1.54, 1.807) is 0 Å². The average Bonchev–Trinajstić information content (AvgIpc) is 3.95. The maximum absolute atomic E-state index is 15.3. The standard InChI is InChI=1S/C55H33N3O2/c59-55-47-32-50-45(42-28-34(24-26-49(42)57(50)37-16-6-2-7-17-37)35-25-27-54-46(29-35)40-21-11-13-23-53(40)60-54)30-41(47)44-31-43-39-20-10-12-22-48(39)56(36-14-4-1-5-15-36)51(43)33-52(44)58(55)38-18-8-3-9-19-38/h1-33H. The summed E-state index contributed by atoms with van der Waals surface area (Å²) in [6.07, 6.45) is 0. The molecule has 60 heavy (non-hydrogen) atoms. The van der Waals surface area contributed by atoms with E-state index < -0.39 is 0 Å². The second kappa shape index (κ2) is 12.4. The summed E-state index contributed by atoms with van der Waals surface area (Å²) < 4.78 is 12.7. The molecule has 0 aliphatic heterocycles. The highest BCUT2D eigenvalue weighted by molar-refractivity contribution is 6.22. The largest absolute Gasteiger partial charge is 0.456 e. The Morgan fingerprint density at radius 2 is 0.750 bits per heavy atom. The molecule has 0 saturated heterocycles. The molecule has 9 aromatic carbocycles. The SMILES string of the molecule is O=c1c2cc3c(cc2c2cc4c5ccccc5n(-c5ccccc5)c4cc2n1-c1ccccc1)c1cc(-c2ccc4oc5ccccc5c4c2)ccc1n3-c1ccccc1. The van der Waals surface area contributed by atoms with Crippen LogP contribution >= 0.6 is 0 Å². The number of aromatic nitrogens is 3. The topological polar surface area (TPSA) is 45.0 Å². The van der Waals surface area contributed by atoms with Crippen LogP contribution in [-0.4, -0.2) is 13.7 Å². The molecule has 4 heterocycles. The molecule has 0 saturated carbocycles.